The predicted molar refractivity (Wildman–Crippen MR) is 125 cm³/mol. The third-order valence-corrected chi connectivity index (χ3v) is 6.49. The largest absolute Gasteiger partial charge is 0.451 e. The molecular weight excluding hydrogens is 565 g/mol. The van der Waals surface area contributed by atoms with Gasteiger partial charge >= 0.3 is 6.18 Å². The van der Waals surface area contributed by atoms with Crippen molar-refractivity contribution in [3.63, 3.8) is 0 Å². The molecule has 2 N–H and O–H groups in total. The van der Waals surface area contributed by atoms with Gasteiger partial charge in [0.05, 0.1) is 22.1 Å². The van der Waals surface area contributed by atoms with E-state index in [2.05, 4.69) is 46.3 Å². The molecule has 0 fully saturated rings. The van der Waals surface area contributed by atoms with E-state index in [9.17, 15) is 22.0 Å². The summed E-state index contributed by atoms with van der Waals surface area (Å²) in [5, 5.41) is 12.4. The fourth-order valence-corrected chi connectivity index (χ4v) is 4.90. The molecule has 0 amide bonds. The van der Waals surface area contributed by atoms with Crippen LogP contribution in [0.15, 0.2) is 47.6 Å². The van der Waals surface area contributed by atoms with Gasteiger partial charge in [-0.2, -0.15) is 18.3 Å². The number of hydrogen-bond donors (Lipinski definition) is 1. The highest BCUT2D eigenvalue weighted by molar-refractivity contribution is 9.10. The Hall–Kier alpha value is -4.01. The molecule has 190 valence electrons. The van der Waals surface area contributed by atoms with Crippen molar-refractivity contribution in [2.75, 3.05) is 5.73 Å². The molecule has 4 heterocycles. The van der Waals surface area contributed by atoms with Crippen LogP contribution in [-0.4, -0.2) is 39.6 Å². The monoisotopic (exact) mass is 579 g/mol. The molecule has 1 atom stereocenters. The number of nitrogen functional groups attached to an aromatic ring is 1. The fraction of sp³-hybridized carbons (Fsp3) is 0.182. The highest BCUT2D eigenvalue weighted by atomic mass is 79.9. The van der Waals surface area contributed by atoms with Gasteiger partial charge in [0.2, 0.25) is 5.82 Å². The molecule has 0 bridgehead atoms. The lowest BCUT2D eigenvalue weighted by Gasteiger charge is -2.13. The van der Waals surface area contributed by atoms with Crippen molar-refractivity contribution in [1.82, 2.24) is 39.6 Å². The second-order valence-electron chi connectivity index (χ2n) is 7.92. The first-order valence-corrected chi connectivity index (χ1v) is 11.5. The number of anilines is 1. The fourth-order valence-electron chi connectivity index (χ4n) is 4.03. The van der Waals surface area contributed by atoms with Crippen molar-refractivity contribution in [2.45, 2.75) is 25.4 Å². The van der Waals surface area contributed by atoms with Crippen molar-refractivity contribution in [2.24, 2.45) is 0 Å². The van der Waals surface area contributed by atoms with Gasteiger partial charge in [0.1, 0.15) is 29.2 Å². The van der Waals surface area contributed by atoms with Crippen molar-refractivity contribution in [1.29, 1.82) is 0 Å². The first-order valence-electron chi connectivity index (χ1n) is 10.7. The van der Waals surface area contributed by atoms with E-state index in [1.807, 2.05) is 6.92 Å². The lowest BCUT2D eigenvalue weighted by molar-refractivity contribution is -0.144. The second kappa shape index (κ2) is 9.14. The van der Waals surface area contributed by atoms with Crippen molar-refractivity contribution in [3.05, 3.63) is 76.4 Å². The number of aromatic nitrogens is 8. The van der Waals surface area contributed by atoms with Crippen molar-refractivity contribution < 1.29 is 22.0 Å². The summed E-state index contributed by atoms with van der Waals surface area (Å²) < 4.78 is 70.1. The van der Waals surface area contributed by atoms with E-state index in [1.54, 1.807) is 0 Å². The van der Waals surface area contributed by atoms with Gasteiger partial charge in [-0.3, -0.25) is 0 Å². The minimum atomic E-state index is -4.70. The molecule has 5 aromatic rings. The molecule has 5 rings (SSSR count). The summed E-state index contributed by atoms with van der Waals surface area (Å²) in [6.07, 6.45) is 0.528. The van der Waals surface area contributed by atoms with Crippen LogP contribution in [0.2, 0.25) is 0 Å². The van der Waals surface area contributed by atoms with E-state index < -0.39 is 29.6 Å². The van der Waals surface area contributed by atoms with Crippen LogP contribution in [0.4, 0.5) is 27.8 Å². The van der Waals surface area contributed by atoms with E-state index in [0.717, 1.165) is 35.3 Å². The van der Waals surface area contributed by atoms with Crippen LogP contribution >= 0.6 is 15.9 Å². The predicted octanol–water partition coefficient (Wildman–Crippen LogP) is 4.95. The lowest BCUT2D eigenvalue weighted by atomic mass is 9.98. The Bertz CT molecular complexity index is 1610. The first-order chi connectivity index (χ1) is 17.6. The lowest BCUT2D eigenvalue weighted by Crippen LogP contribution is -2.10. The van der Waals surface area contributed by atoms with Crippen LogP contribution in [0.5, 0.6) is 0 Å². The molecule has 0 aliphatic rings. The minimum Gasteiger partial charge on any atom is -0.382 e. The van der Waals surface area contributed by atoms with Gasteiger partial charge in [-0.05, 0) is 34.5 Å². The Morgan fingerprint density at radius 1 is 1.11 bits per heavy atom. The van der Waals surface area contributed by atoms with Crippen LogP contribution in [0.25, 0.3) is 22.3 Å². The minimum absolute atomic E-state index is 0.0668. The van der Waals surface area contributed by atoms with Crippen LogP contribution in [0.1, 0.15) is 36.5 Å². The molecule has 9 nitrogen and oxygen atoms in total. The summed E-state index contributed by atoms with van der Waals surface area (Å²) in [7, 11) is 0. The average molecular weight is 580 g/mol. The van der Waals surface area contributed by atoms with E-state index in [1.165, 1.54) is 17.0 Å². The quantitative estimate of drug-likeness (QED) is 0.293. The standard InChI is InChI=1S/C22H15BrF5N9/c1-2-12(14-8-36(35-34-14)15-5-11(24)3-4-13(15)25)18-17(23)16(19-20(29)32-9-33-37(18)19)10-6-30-21(31-7-10)22(26,27)28/h3-9,12H,2H2,1H3,(H2,29,32,33). The zero-order chi connectivity index (χ0) is 26.5. The molecule has 0 aliphatic carbocycles. The smallest absolute Gasteiger partial charge is 0.382 e. The summed E-state index contributed by atoms with van der Waals surface area (Å²) in [4.78, 5) is 10.9. The molecule has 0 radical (unpaired) electrons. The Morgan fingerprint density at radius 2 is 1.84 bits per heavy atom. The SMILES string of the molecule is CCC(c1cn(-c2cc(F)ccc2F)nn1)c1c(Br)c(-c2cnc(C(F)(F)F)nc2)c2c(N)ncnn12. The number of alkyl halides is 3. The molecule has 37 heavy (non-hydrogen) atoms. The number of benzene rings is 1. The molecule has 0 saturated heterocycles. The molecule has 4 aromatic heterocycles. The number of halogens is 6. The van der Waals surface area contributed by atoms with Gasteiger partial charge in [-0.1, -0.05) is 12.1 Å². The van der Waals surface area contributed by atoms with Gasteiger partial charge in [0.25, 0.3) is 0 Å². The summed E-state index contributed by atoms with van der Waals surface area (Å²) in [6.45, 7) is 1.86. The zero-order valence-corrected chi connectivity index (χ0v) is 20.3. The van der Waals surface area contributed by atoms with Crippen molar-refractivity contribution >= 4 is 27.3 Å². The summed E-state index contributed by atoms with van der Waals surface area (Å²) in [6, 6.07) is 2.97. The van der Waals surface area contributed by atoms with E-state index in [0.29, 0.717) is 33.4 Å². The Kier molecular flexibility index (Phi) is 6.09. The van der Waals surface area contributed by atoms with Gasteiger partial charge in [-0.15, -0.1) is 5.10 Å². The Balaban J connectivity index is 1.67. The number of rotatable bonds is 5. The second-order valence-corrected chi connectivity index (χ2v) is 8.71. The third-order valence-electron chi connectivity index (χ3n) is 5.68. The molecular formula is C22H15BrF5N9. The van der Waals surface area contributed by atoms with Crippen LogP contribution < -0.4 is 5.73 Å². The summed E-state index contributed by atoms with van der Waals surface area (Å²) in [5.74, 6) is -3.04. The molecule has 0 spiro atoms. The molecule has 1 aromatic carbocycles. The Labute approximate surface area is 213 Å². The number of nitrogens with zero attached hydrogens (tertiary/aromatic N) is 8. The van der Waals surface area contributed by atoms with Crippen LogP contribution in [-0.2, 0) is 6.18 Å². The molecule has 1 unspecified atom stereocenters. The Morgan fingerprint density at radius 3 is 2.51 bits per heavy atom. The van der Waals surface area contributed by atoms with Crippen LogP contribution in [0, 0.1) is 11.6 Å². The van der Waals surface area contributed by atoms with Crippen LogP contribution in [0.3, 0.4) is 0 Å². The maximum atomic E-state index is 14.3. The number of fused-ring (bicyclic) bond motifs is 1. The topological polar surface area (TPSA) is 113 Å². The summed E-state index contributed by atoms with van der Waals surface area (Å²) >= 11 is 3.55. The van der Waals surface area contributed by atoms with E-state index in [-0.39, 0.29) is 17.1 Å². The van der Waals surface area contributed by atoms with Gasteiger partial charge in [0, 0.05) is 35.5 Å². The van der Waals surface area contributed by atoms with E-state index >= 15 is 0 Å². The molecule has 0 aliphatic heterocycles. The first kappa shape index (κ1) is 24.7. The van der Waals surface area contributed by atoms with Gasteiger partial charge in [-0.25, -0.2) is 32.9 Å². The third kappa shape index (κ3) is 4.28. The van der Waals surface area contributed by atoms with Crippen molar-refractivity contribution in [3.8, 4) is 16.8 Å². The maximum Gasteiger partial charge on any atom is 0.451 e. The van der Waals surface area contributed by atoms with Gasteiger partial charge < -0.3 is 5.73 Å². The summed E-state index contributed by atoms with van der Waals surface area (Å²) in [5.41, 5.74) is 7.89. The number of nitrogens with two attached hydrogens (primary N) is 1. The highest BCUT2D eigenvalue weighted by Gasteiger charge is 2.35. The van der Waals surface area contributed by atoms with Gasteiger partial charge in [0.15, 0.2) is 5.82 Å². The number of hydrogen-bond acceptors (Lipinski definition) is 7. The van der Waals surface area contributed by atoms with E-state index in [4.69, 9.17) is 5.73 Å². The average Bonchev–Trinajstić information content (AvgIpc) is 3.45. The highest BCUT2D eigenvalue weighted by Crippen LogP contribution is 2.43. The zero-order valence-electron chi connectivity index (χ0n) is 18.7. The molecule has 0 saturated carbocycles. The molecule has 15 heteroatoms. The normalized spacial score (nSPS) is 12.8. The maximum absolute atomic E-state index is 14.3.